The number of fused-ring (bicyclic) bond motifs is 2. The van der Waals surface area contributed by atoms with E-state index in [0.717, 1.165) is 33.6 Å². The summed E-state index contributed by atoms with van der Waals surface area (Å²) in [6.07, 6.45) is 8.63. The number of imidazole rings is 1. The molecule has 4 aromatic rings. The van der Waals surface area contributed by atoms with Gasteiger partial charge in [-0.1, -0.05) is 13.8 Å². The highest BCUT2D eigenvalue weighted by molar-refractivity contribution is 5.93. The predicted molar refractivity (Wildman–Crippen MR) is 98.9 cm³/mol. The number of nitrogens with zero attached hydrogens (tertiary/aromatic N) is 4. The molecule has 126 valence electrons. The molecule has 0 aliphatic heterocycles. The SMILES string of the molecule is Cc1nc2ncc(-c3c[nH]c4nc(C5CC5)ccc34)cn2c1C(C)C. The van der Waals surface area contributed by atoms with E-state index in [0.29, 0.717) is 11.8 Å². The molecule has 0 saturated heterocycles. The van der Waals surface area contributed by atoms with Crippen molar-refractivity contribution in [2.45, 2.75) is 45.4 Å². The van der Waals surface area contributed by atoms with E-state index < -0.39 is 0 Å². The zero-order chi connectivity index (χ0) is 17.1. The minimum absolute atomic E-state index is 0.401. The van der Waals surface area contributed by atoms with E-state index in [-0.39, 0.29) is 0 Å². The fourth-order valence-electron chi connectivity index (χ4n) is 3.76. The number of pyridine rings is 1. The van der Waals surface area contributed by atoms with Gasteiger partial charge in [0.25, 0.3) is 0 Å². The van der Waals surface area contributed by atoms with E-state index in [1.165, 1.54) is 24.2 Å². The van der Waals surface area contributed by atoms with E-state index in [1.807, 2.05) is 12.4 Å². The summed E-state index contributed by atoms with van der Waals surface area (Å²) in [5.41, 5.74) is 6.67. The molecule has 0 bridgehead atoms. The highest BCUT2D eigenvalue weighted by Gasteiger charge is 2.25. The van der Waals surface area contributed by atoms with Crippen LogP contribution in [-0.4, -0.2) is 24.3 Å². The molecule has 1 aliphatic carbocycles. The van der Waals surface area contributed by atoms with Gasteiger partial charge < -0.3 is 4.98 Å². The molecule has 4 heterocycles. The van der Waals surface area contributed by atoms with Gasteiger partial charge in [-0.3, -0.25) is 4.40 Å². The predicted octanol–water partition coefficient (Wildman–Crippen LogP) is 4.58. The molecule has 5 heteroatoms. The Labute approximate surface area is 146 Å². The lowest BCUT2D eigenvalue weighted by Gasteiger charge is -2.07. The monoisotopic (exact) mass is 331 g/mol. The van der Waals surface area contributed by atoms with Crippen LogP contribution in [0.2, 0.25) is 0 Å². The molecule has 0 atom stereocenters. The first kappa shape index (κ1) is 14.6. The Balaban J connectivity index is 1.67. The topological polar surface area (TPSA) is 58.9 Å². The van der Waals surface area contributed by atoms with Crippen LogP contribution in [0.3, 0.4) is 0 Å². The fraction of sp³-hybridized carbons (Fsp3) is 0.350. The van der Waals surface area contributed by atoms with Crippen LogP contribution >= 0.6 is 0 Å². The Morgan fingerprint density at radius 1 is 1.20 bits per heavy atom. The summed E-state index contributed by atoms with van der Waals surface area (Å²) in [7, 11) is 0. The van der Waals surface area contributed by atoms with Crippen molar-refractivity contribution in [3.05, 3.63) is 47.8 Å². The second kappa shape index (κ2) is 5.15. The smallest absolute Gasteiger partial charge is 0.234 e. The Kier molecular flexibility index (Phi) is 3.02. The average molecular weight is 331 g/mol. The molecule has 5 rings (SSSR count). The highest BCUT2D eigenvalue weighted by atomic mass is 15.1. The molecular weight excluding hydrogens is 310 g/mol. The standard InChI is InChI=1S/C20H21N5/c1-11(2)18-12(3)23-20-22-8-14(10-25(18)20)16-9-21-19-15(16)6-7-17(24-19)13-4-5-13/h6-11,13H,4-5H2,1-3H3,(H,21,24). The highest BCUT2D eigenvalue weighted by Crippen LogP contribution is 2.40. The number of H-pyrrole nitrogens is 1. The summed E-state index contributed by atoms with van der Waals surface area (Å²) in [4.78, 5) is 17.3. The van der Waals surface area contributed by atoms with Crippen LogP contribution in [0.15, 0.2) is 30.7 Å². The molecule has 1 fully saturated rings. The molecule has 0 aromatic carbocycles. The van der Waals surface area contributed by atoms with Gasteiger partial charge in [0.1, 0.15) is 5.65 Å². The van der Waals surface area contributed by atoms with Gasteiger partial charge in [0.2, 0.25) is 5.78 Å². The number of nitrogens with one attached hydrogen (secondary N) is 1. The third-order valence-electron chi connectivity index (χ3n) is 5.11. The van der Waals surface area contributed by atoms with Gasteiger partial charge in [0.15, 0.2) is 0 Å². The van der Waals surface area contributed by atoms with E-state index in [1.54, 1.807) is 0 Å². The maximum Gasteiger partial charge on any atom is 0.234 e. The maximum absolute atomic E-state index is 4.80. The zero-order valence-electron chi connectivity index (χ0n) is 14.7. The van der Waals surface area contributed by atoms with Crippen molar-refractivity contribution in [2.24, 2.45) is 0 Å². The number of hydrogen-bond donors (Lipinski definition) is 1. The Morgan fingerprint density at radius 2 is 2.04 bits per heavy atom. The van der Waals surface area contributed by atoms with Crippen LogP contribution in [-0.2, 0) is 0 Å². The Hall–Kier alpha value is -2.69. The van der Waals surface area contributed by atoms with Crippen molar-refractivity contribution in [3.63, 3.8) is 0 Å². The second-order valence-electron chi connectivity index (χ2n) is 7.36. The van der Waals surface area contributed by atoms with Gasteiger partial charge in [-0.25, -0.2) is 15.0 Å². The van der Waals surface area contributed by atoms with Gasteiger partial charge in [0, 0.05) is 52.4 Å². The van der Waals surface area contributed by atoms with Crippen molar-refractivity contribution >= 4 is 16.8 Å². The minimum Gasteiger partial charge on any atom is -0.346 e. The summed E-state index contributed by atoms with van der Waals surface area (Å²) in [6, 6.07) is 4.36. The van der Waals surface area contributed by atoms with Crippen molar-refractivity contribution in [3.8, 4) is 11.1 Å². The minimum atomic E-state index is 0.401. The van der Waals surface area contributed by atoms with Gasteiger partial charge in [0.05, 0.1) is 5.69 Å². The number of rotatable bonds is 3. The average Bonchev–Trinajstić information content (AvgIpc) is 3.26. The van der Waals surface area contributed by atoms with Gasteiger partial charge >= 0.3 is 0 Å². The lowest BCUT2D eigenvalue weighted by molar-refractivity contribution is 0.796. The number of hydrogen-bond acceptors (Lipinski definition) is 3. The van der Waals surface area contributed by atoms with E-state index >= 15 is 0 Å². The Morgan fingerprint density at radius 3 is 2.80 bits per heavy atom. The van der Waals surface area contributed by atoms with Crippen LogP contribution in [0, 0.1) is 6.92 Å². The molecule has 0 unspecified atom stereocenters. The van der Waals surface area contributed by atoms with Crippen LogP contribution in [0.4, 0.5) is 0 Å². The summed E-state index contributed by atoms with van der Waals surface area (Å²) in [5, 5.41) is 1.15. The fourth-order valence-corrected chi connectivity index (χ4v) is 3.76. The second-order valence-corrected chi connectivity index (χ2v) is 7.36. The third-order valence-corrected chi connectivity index (χ3v) is 5.11. The molecule has 1 saturated carbocycles. The molecule has 4 aromatic heterocycles. The molecular formula is C20H21N5. The van der Waals surface area contributed by atoms with Crippen molar-refractivity contribution < 1.29 is 0 Å². The van der Waals surface area contributed by atoms with E-state index in [4.69, 9.17) is 4.98 Å². The molecule has 1 aliphatic rings. The molecule has 1 N–H and O–H groups in total. The summed E-state index contributed by atoms with van der Waals surface area (Å²) < 4.78 is 2.13. The molecule has 0 amide bonds. The lowest BCUT2D eigenvalue weighted by Crippen LogP contribution is -1.98. The Bertz CT molecular complexity index is 1100. The van der Waals surface area contributed by atoms with Crippen LogP contribution in [0.5, 0.6) is 0 Å². The zero-order valence-corrected chi connectivity index (χ0v) is 14.7. The van der Waals surface area contributed by atoms with Gasteiger partial charge in [-0.2, -0.15) is 0 Å². The summed E-state index contributed by atoms with van der Waals surface area (Å²) in [5.74, 6) is 1.83. The van der Waals surface area contributed by atoms with Gasteiger partial charge in [-0.05, 0) is 37.8 Å². The normalized spacial score (nSPS) is 14.9. The quantitative estimate of drug-likeness (QED) is 0.597. The van der Waals surface area contributed by atoms with Crippen molar-refractivity contribution in [1.29, 1.82) is 0 Å². The van der Waals surface area contributed by atoms with Gasteiger partial charge in [-0.15, -0.1) is 0 Å². The van der Waals surface area contributed by atoms with Crippen LogP contribution < -0.4 is 0 Å². The van der Waals surface area contributed by atoms with Crippen molar-refractivity contribution in [2.75, 3.05) is 0 Å². The summed E-state index contributed by atoms with van der Waals surface area (Å²) >= 11 is 0. The number of aryl methyl sites for hydroxylation is 1. The molecule has 25 heavy (non-hydrogen) atoms. The first-order valence-corrected chi connectivity index (χ1v) is 8.95. The molecule has 0 radical (unpaired) electrons. The number of aromatic amines is 1. The van der Waals surface area contributed by atoms with Crippen LogP contribution in [0.1, 0.15) is 55.6 Å². The third kappa shape index (κ3) is 2.26. The van der Waals surface area contributed by atoms with E-state index in [9.17, 15) is 0 Å². The first-order chi connectivity index (χ1) is 12.1. The van der Waals surface area contributed by atoms with E-state index in [2.05, 4.69) is 58.5 Å². The largest absolute Gasteiger partial charge is 0.346 e. The molecule has 5 nitrogen and oxygen atoms in total. The molecule has 0 spiro atoms. The maximum atomic E-state index is 4.80. The summed E-state index contributed by atoms with van der Waals surface area (Å²) in [6.45, 7) is 6.44. The first-order valence-electron chi connectivity index (χ1n) is 8.95. The van der Waals surface area contributed by atoms with Crippen LogP contribution in [0.25, 0.3) is 27.9 Å². The lowest BCUT2D eigenvalue weighted by atomic mass is 10.1. The van der Waals surface area contributed by atoms with Crippen molar-refractivity contribution in [1.82, 2.24) is 24.3 Å². The number of aromatic nitrogens is 5.